The first-order chi connectivity index (χ1) is 9.22. The van der Waals surface area contributed by atoms with Crippen LogP contribution in [0.1, 0.15) is 35.1 Å². The van der Waals surface area contributed by atoms with Crippen molar-refractivity contribution in [1.29, 1.82) is 0 Å². The van der Waals surface area contributed by atoms with Gasteiger partial charge in [0.25, 0.3) is 0 Å². The predicted octanol–water partition coefficient (Wildman–Crippen LogP) is 2.95. The number of nitrogen functional groups attached to an aromatic ring is 1. The predicted molar refractivity (Wildman–Crippen MR) is 84.1 cm³/mol. The minimum absolute atomic E-state index is 0.189. The topological polar surface area (TPSA) is 26.0 Å². The summed E-state index contributed by atoms with van der Waals surface area (Å²) in [6, 6.07) is 13.1. The molecular formula is C17H18NP. The van der Waals surface area contributed by atoms with E-state index >= 15 is 0 Å². The summed E-state index contributed by atoms with van der Waals surface area (Å²) >= 11 is 0. The maximum Gasteiger partial charge on any atom is 0.0358 e. The highest BCUT2D eigenvalue weighted by Gasteiger charge is 2.46. The minimum Gasteiger partial charge on any atom is -0.398 e. The number of nitrogens with two attached hydrogens (primary N) is 1. The molecule has 2 aliphatic carbocycles. The first kappa shape index (κ1) is 11.5. The lowest BCUT2D eigenvalue weighted by Gasteiger charge is -2.29. The van der Waals surface area contributed by atoms with Crippen LogP contribution in [0.2, 0.25) is 0 Å². The van der Waals surface area contributed by atoms with Crippen LogP contribution in [-0.2, 0) is 18.3 Å². The van der Waals surface area contributed by atoms with Crippen LogP contribution in [0.5, 0.6) is 0 Å². The second-order valence-corrected chi connectivity index (χ2v) is 6.47. The van der Waals surface area contributed by atoms with Gasteiger partial charge in [-0.25, -0.2) is 0 Å². The lowest BCUT2D eigenvalue weighted by atomic mass is 9.76. The normalized spacial score (nSPS) is 23.6. The fourth-order valence-electron chi connectivity index (χ4n) is 4.27. The highest BCUT2D eigenvalue weighted by molar-refractivity contribution is 7.27. The van der Waals surface area contributed by atoms with Gasteiger partial charge in [-0.2, -0.15) is 0 Å². The molecule has 96 valence electrons. The third kappa shape index (κ3) is 1.40. The fraction of sp³-hybridized carbons (Fsp3) is 0.294. The summed E-state index contributed by atoms with van der Waals surface area (Å²) in [4.78, 5) is 0. The van der Waals surface area contributed by atoms with Gasteiger partial charge in [0.15, 0.2) is 0 Å². The molecule has 0 fully saturated rings. The summed E-state index contributed by atoms with van der Waals surface area (Å²) in [5.41, 5.74) is 13.4. The molecule has 0 heterocycles. The molecule has 0 aliphatic heterocycles. The zero-order valence-electron chi connectivity index (χ0n) is 10.9. The Morgan fingerprint density at radius 1 is 0.895 bits per heavy atom. The molecule has 0 amide bonds. The number of hydrogen-bond donors (Lipinski definition) is 1. The van der Waals surface area contributed by atoms with Crippen molar-refractivity contribution in [2.45, 2.75) is 31.1 Å². The second-order valence-electron chi connectivity index (χ2n) is 5.84. The molecule has 0 bridgehead atoms. The van der Waals surface area contributed by atoms with Crippen LogP contribution in [0.4, 0.5) is 5.69 Å². The lowest BCUT2D eigenvalue weighted by Crippen LogP contribution is -2.26. The Morgan fingerprint density at radius 3 is 2.26 bits per heavy atom. The summed E-state index contributed by atoms with van der Waals surface area (Å²) in [6.07, 6.45) is 4.79. The van der Waals surface area contributed by atoms with Gasteiger partial charge in [0.1, 0.15) is 0 Å². The van der Waals surface area contributed by atoms with Crippen molar-refractivity contribution >= 4 is 20.2 Å². The molecule has 2 aliphatic rings. The van der Waals surface area contributed by atoms with E-state index in [1.54, 1.807) is 0 Å². The highest BCUT2D eigenvalue weighted by atomic mass is 31.0. The van der Waals surface area contributed by atoms with Crippen molar-refractivity contribution in [3.8, 4) is 0 Å². The zero-order chi connectivity index (χ0) is 13.0. The first-order valence-electron chi connectivity index (χ1n) is 6.98. The number of anilines is 1. The average molecular weight is 267 g/mol. The smallest absolute Gasteiger partial charge is 0.0358 e. The van der Waals surface area contributed by atoms with Gasteiger partial charge in [0.2, 0.25) is 0 Å². The van der Waals surface area contributed by atoms with Crippen LogP contribution < -0.4 is 11.0 Å². The number of hydrogen-bond acceptors (Lipinski definition) is 1. The molecule has 2 N–H and O–H groups in total. The van der Waals surface area contributed by atoms with Crippen LogP contribution in [0.15, 0.2) is 36.4 Å². The lowest BCUT2D eigenvalue weighted by molar-refractivity contribution is 0.511. The Balaban J connectivity index is 2.03. The maximum absolute atomic E-state index is 6.33. The van der Waals surface area contributed by atoms with Gasteiger partial charge < -0.3 is 5.73 Å². The van der Waals surface area contributed by atoms with E-state index in [0.29, 0.717) is 0 Å². The molecule has 2 atom stereocenters. The zero-order valence-corrected chi connectivity index (χ0v) is 12.1. The molecule has 1 unspecified atom stereocenters. The Labute approximate surface area is 116 Å². The van der Waals surface area contributed by atoms with Gasteiger partial charge in [0.05, 0.1) is 0 Å². The van der Waals surface area contributed by atoms with Gasteiger partial charge in [-0.05, 0) is 59.3 Å². The third-order valence-corrected chi connectivity index (χ3v) is 5.45. The molecule has 2 heteroatoms. The van der Waals surface area contributed by atoms with E-state index in [4.69, 9.17) is 5.73 Å². The summed E-state index contributed by atoms with van der Waals surface area (Å²) in [7, 11) is 2.93. The van der Waals surface area contributed by atoms with Crippen LogP contribution in [-0.4, -0.2) is 0 Å². The SMILES string of the molecule is Nc1cccc2c1[C@@]1(CC2)CCc2cccc(P)c21. The van der Waals surface area contributed by atoms with E-state index in [1.807, 2.05) is 0 Å². The molecule has 0 saturated carbocycles. The van der Waals surface area contributed by atoms with Gasteiger partial charge >= 0.3 is 0 Å². The van der Waals surface area contributed by atoms with Crippen molar-refractivity contribution in [3.05, 3.63) is 58.7 Å². The minimum atomic E-state index is 0.189. The van der Waals surface area contributed by atoms with Crippen molar-refractivity contribution < 1.29 is 0 Å². The Hall–Kier alpha value is -1.33. The van der Waals surface area contributed by atoms with Gasteiger partial charge in [-0.1, -0.05) is 30.3 Å². The van der Waals surface area contributed by atoms with E-state index in [-0.39, 0.29) is 5.41 Å². The monoisotopic (exact) mass is 267 g/mol. The molecule has 0 radical (unpaired) electrons. The van der Waals surface area contributed by atoms with Crippen LogP contribution in [0.3, 0.4) is 0 Å². The van der Waals surface area contributed by atoms with E-state index in [9.17, 15) is 0 Å². The first-order valence-corrected chi connectivity index (χ1v) is 7.56. The van der Waals surface area contributed by atoms with Crippen molar-refractivity contribution in [3.63, 3.8) is 0 Å². The molecule has 1 nitrogen and oxygen atoms in total. The van der Waals surface area contributed by atoms with E-state index in [2.05, 4.69) is 45.6 Å². The van der Waals surface area contributed by atoms with Crippen LogP contribution >= 0.6 is 9.24 Å². The Kier molecular flexibility index (Phi) is 2.32. The summed E-state index contributed by atoms with van der Waals surface area (Å²) in [6.45, 7) is 0. The molecule has 4 rings (SSSR count). The number of rotatable bonds is 0. The molecule has 2 aromatic rings. The Morgan fingerprint density at radius 2 is 1.53 bits per heavy atom. The van der Waals surface area contributed by atoms with Crippen molar-refractivity contribution in [2.24, 2.45) is 0 Å². The van der Waals surface area contributed by atoms with Gasteiger partial charge in [0, 0.05) is 11.1 Å². The number of aryl methyl sites for hydroxylation is 2. The molecule has 0 aromatic heterocycles. The molecule has 19 heavy (non-hydrogen) atoms. The summed E-state index contributed by atoms with van der Waals surface area (Å²) in [5, 5.41) is 1.35. The molecule has 2 aromatic carbocycles. The number of fused-ring (bicyclic) bond motifs is 4. The van der Waals surface area contributed by atoms with Crippen molar-refractivity contribution in [1.82, 2.24) is 0 Å². The van der Waals surface area contributed by atoms with Crippen molar-refractivity contribution in [2.75, 3.05) is 5.73 Å². The summed E-state index contributed by atoms with van der Waals surface area (Å²) < 4.78 is 0. The van der Waals surface area contributed by atoms with E-state index in [1.165, 1.54) is 53.2 Å². The highest BCUT2D eigenvalue weighted by Crippen LogP contribution is 2.53. The standard InChI is InChI=1S/C17H18NP/c18-13-5-1-3-11-7-9-17(15(11)13)10-8-12-4-2-6-14(19)16(12)17/h1-6H,7-10,18-19H2/t17-/m1/s1. The quantitative estimate of drug-likeness (QED) is 0.576. The number of benzene rings is 2. The fourth-order valence-corrected chi connectivity index (χ4v) is 4.84. The molecular weight excluding hydrogens is 249 g/mol. The average Bonchev–Trinajstić information content (AvgIpc) is 2.96. The van der Waals surface area contributed by atoms with Gasteiger partial charge in [-0.3, -0.25) is 0 Å². The molecule has 1 spiro atoms. The van der Waals surface area contributed by atoms with E-state index < -0.39 is 0 Å². The Bertz CT molecular complexity index is 615. The van der Waals surface area contributed by atoms with Crippen LogP contribution in [0.25, 0.3) is 0 Å². The van der Waals surface area contributed by atoms with E-state index in [0.717, 1.165) is 5.69 Å². The van der Waals surface area contributed by atoms with Gasteiger partial charge in [-0.15, -0.1) is 9.24 Å². The van der Waals surface area contributed by atoms with Crippen LogP contribution in [0, 0.1) is 0 Å². The maximum atomic E-state index is 6.33. The molecule has 0 saturated heterocycles. The largest absolute Gasteiger partial charge is 0.398 e. The second kappa shape index (κ2) is 3.84. The summed E-state index contributed by atoms with van der Waals surface area (Å²) in [5.74, 6) is 0. The third-order valence-electron chi connectivity index (χ3n) is 4.97.